The van der Waals surface area contributed by atoms with Gasteiger partial charge in [-0.2, -0.15) is 10.2 Å². The highest BCUT2D eigenvalue weighted by molar-refractivity contribution is 8.00. The number of hydrogen-bond acceptors (Lipinski definition) is 7. The molecule has 1 aromatic heterocycles. The Hall–Kier alpha value is -2.88. The number of benzene rings is 1. The van der Waals surface area contributed by atoms with Crippen molar-refractivity contribution in [3.05, 3.63) is 50.7 Å². The lowest BCUT2D eigenvalue weighted by molar-refractivity contribution is -0.120. The summed E-state index contributed by atoms with van der Waals surface area (Å²) in [7, 11) is 0. The van der Waals surface area contributed by atoms with Crippen molar-refractivity contribution in [2.75, 3.05) is 6.61 Å². The molecule has 0 saturated carbocycles. The Morgan fingerprint density at radius 3 is 3.00 bits per heavy atom. The van der Waals surface area contributed by atoms with Crippen LogP contribution in [0.2, 0.25) is 0 Å². The van der Waals surface area contributed by atoms with E-state index in [1.165, 1.54) is 6.21 Å². The molecule has 1 aromatic carbocycles. The smallest absolute Gasteiger partial charge is 0.342 e. The highest BCUT2D eigenvalue weighted by Gasteiger charge is 2.16. The maximum absolute atomic E-state index is 12.0. The van der Waals surface area contributed by atoms with E-state index in [0.717, 1.165) is 17.3 Å². The van der Waals surface area contributed by atoms with Crippen molar-refractivity contribution in [3.63, 3.8) is 0 Å². The van der Waals surface area contributed by atoms with Crippen LogP contribution in [0.4, 0.5) is 0 Å². The van der Waals surface area contributed by atoms with E-state index in [9.17, 15) is 14.4 Å². The zero-order valence-corrected chi connectivity index (χ0v) is 14.4. The van der Waals surface area contributed by atoms with Crippen LogP contribution in [0.5, 0.6) is 5.75 Å². The second-order valence-corrected chi connectivity index (χ2v) is 6.14. The van der Waals surface area contributed by atoms with E-state index in [4.69, 9.17) is 4.74 Å². The predicted octanol–water partition coefficient (Wildman–Crippen LogP) is 0.488. The van der Waals surface area contributed by atoms with Gasteiger partial charge in [0, 0.05) is 0 Å². The van der Waals surface area contributed by atoms with Gasteiger partial charge in [0.05, 0.1) is 18.1 Å². The third-order valence-corrected chi connectivity index (χ3v) is 3.96. The van der Waals surface area contributed by atoms with Crippen molar-refractivity contribution < 1.29 is 9.53 Å². The number of hydrazone groups is 1. The molecule has 1 heterocycles. The number of carbonyl (C=O) groups is 1. The summed E-state index contributed by atoms with van der Waals surface area (Å²) >= 11 is 0.911. The van der Waals surface area contributed by atoms with Gasteiger partial charge in [0.2, 0.25) is 0 Å². The van der Waals surface area contributed by atoms with Crippen LogP contribution in [0.1, 0.15) is 19.4 Å². The van der Waals surface area contributed by atoms with Crippen LogP contribution in [0.25, 0.3) is 0 Å². The Morgan fingerprint density at radius 2 is 2.28 bits per heavy atom. The van der Waals surface area contributed by atoms with Gasteiger partial charge in [-0.1, -0.05) is 23.9 Å². The number of thioether (sulfide) groups is 1. The van der Waals surface area contributed by atoms with Crippen molar-refractivity contribution in [2.24, 2.45) is 5.10 Å². The summed E-state index contributed by atoms with van der Waals surface area (Å²) in [6.45, 7) is 4.05. The van der Waals surface area contributed by atoms with Crippen LogP contribution in [0.15, 0.2) is 44.0 Å². The summed E-state index contributed by atoms with van der Waals surface area (Å²) in [5.74, 6) is 0.305. The molecule has 0 bridgehead atoms. The lowest BCUT2D eigenvalue weighted by Crippen LogP contribution is -2.30. The third-order valence-electron chi connectivity index (χ3n) is 2.90. The highest BCUT2D eigenvalue weighted by Crippen LogP contribution is 2.16. The Kier molecular flexibility index (Phi) is 6.52. The van der Waals surface area contributed by atoms with Crippen LogP contribution >= 0.6 is 11.8 Å². The molecular formula is C15H17N5O4S. The van der Waals surface area contributed by atoms with E-state index in [0.29, 0.717) is 12.4 Å². The minimum atomic E-state index is -0.703. The van der Waals surface area contributed by atoms with Gasteiger partial charge < -0.3 is 4.74 Å². The number of aromatic nitrogens is 3. The summed E-state index contributed by atoms with van der Waals surface area (Å²) in [6.07, 6.45) is 1.49. The first-order valence-corrected chi connectivity index (χ1v) is 8.29. The van der Waals surface area contributed by atoms with Gasteiger partial charge in [-0.15, -0.1) is 0 Å². The molecule has 0 aliphatic carbocycles. The first-order valence-electron chi connectivity index (χ1n) is 7.41. The van der Waals surface area contributed by atoms with Gasteiger partial charge >= 0.3 is 5.69 Å². The predicted molar refractivity (Wildman–Crippen MR) is 94.1 cm³/mol. The summed E-state index contributed by atoms with van der Waals surface area (Å²) in [6, 6.07) is 7.26. The summed E-state index contributed by atoms with van der Waals surface area (Å²) in [5.41, 5.74) is 1.81. The lowest BCUT2D eigenvalue weighted by Gasteiger charge is -2.07. The normalized spacial score (nSPS) is 12.1. The maximum Gasteiger partial charge on any atom is 0.342 e. The third kappa shape index (κ3) is 5.60. The molecular weight excluding hydrogens is 346 g/mol. The van der Waals surface area contributed by atoms with Crippen LogP contribution in [0.3, 0.4) is 0 Å². The first-order chi connectivity index (χ1) is 12.0. The monoisotopic (exact) mass is 363 g/mol. The number of nitrogens with one attached hydrogen (secondary N) is 3. The van der Waals surface area contributed by atoms with Crippen molar-refractivity contribution in [1.29, 1.82) is 0 Å². The average molecular weight is 363 g/mol. The van der Waals surface area contributed by atoms with E-state index in [-0.39, 0.29) is 5.03 Å². The molecule has 0 fully saturated rings. The molecule has 0 aliphatic heterocycles. The zero-order valence-electron chi connectivity index (χ0n) is 13.6. The SMILES string of the molecule is CCOc1cccc(/C=N/NC(=O)C(C)Sc2n[nH]c(=O)[nH]c2=O)c1. The Labute approximate surface area is 146 Å². The molecule has 9 nitrogen and oxygen atoms in total. The Morgan fingerprint density at radius 1 is 1.48 bits per heavy atom. The fourth-order valence-electron chi connectivity index (χ4n) is 1.75. The molecule has 0 aliphatic rings. The fraction of sp³-hybridized carbons (Fsp3) is 0.267. The van der Waals surface area contributed by atoms with E-state index < -0.39 is 22.4 Å². The Balaban J connectivity index is 1.93. The van der Waals surface area contributed by atoms with E-state index in [1.54, 1.807) is 13.0 Å². The largest absolute Gasteiger partial charge is 0.494 e. The molecule has 0 saturated heterocycles. The molecule has 1 atom stereocenters. The fourth-order valence-corrected chi connectivity index (χ4v) is 2.50. The average Bonchev–Trinajstić information content (AvgIpc) is 2.58. The first kappa shape index (κ1) is 18.5. The number of carbonyl (C=O) groups excluding carboxylic acids is 1. The molecule has 2 aromatic rings. The summed E-state index contributed by atoms with van der Waals surface area (Å²) < 4.78 is 5.38. The molecule has 1 amide bonds. The van der Waals surface area contributed by atoms with Crippen molar-refractivity contribution in [2.45, 2.75) is 24.1 Å². The van der Waals surface area contributed by atoms with E-state index in [1.807, 2.05) is 30.1 Å². The molecule has 25 heavy (non-hydrogen) atoms. The summed E-state index contributed by atoms with van der Waals surface area (Å²) in [4.78, 5) is 36.5. The van der Waals surface area contributed by atoms with Crippen molar-refractivity contribution in [3.8, 4) is 5.75 Å². The molecule has 10 heteroatoms. The number of aromatic amines is 2. The standard InChI is InChI=1S/C15H17N5O4S/c1-3-24-11-6-4-5-10(7-11)8-16-18-12(21)9(2)25-14-13(22)17-15(23)20-19-14/h4-9H,3H2,1-2H3,(H,18,21)(H2,17,20,22,23)/b16-8+. The number of hydrogen-bond donors (Lipinski definition) is 3. The topological polar surface area (TPSA) is 129 Å². The number of amides is 1. The maximum atomic E-state index is 12.0. The van der Waals surface area contributed by atoms with Crippen molar-refractivity contribution in [1.82, 2.24) is 20.6 Å². The van der Waals surface area contributed by atoms with Gasteiger partial charge in [-0.3, -0.25) is 14.6 Å². The number of rotatable bonds is 7. The molecule has 1 unspecified atom stereocenters. The van der Waals surface area contributed by atoms with Crippen LogP contribution in [0, 0.1) is 0 Å². The van der Waals surface area contributed by atoms with Gasteiger partial charge in [-0.05, 0) is 31.5 Å². The van der Waals surface area contributed by atoms with E-state index in [2.05, 4.69) is 20.7 Å². The van der Waals surface area contributed by atoms with Gasteiger partial charge in [0.1, 0.15) is 5.75 Å². The minimum Gasteiger partial charge on any atom is -0.494 e. The number of ether oxygens (including phenoxy) is 1. The van der Waals surface area contributed by atoms with Crippen molar-refractivity contribution >= 4 is 23.9 Å². The number of nitrogens with zero attached hydrogens (tertiary/aromatic N) is 2. The van der Waals surface area contributed by atoms with E-state index >= 15 is 0 Å². The second kappa shape index (κ2) is 8.83. The quantitative estimate of drug-likeness (QED) is 0.373. The van der Waals surface area contributed by atoms with Crippen LogP contribution < -0.4 is 21.4 Å². The highest BCUT2D eigenvalue weighted by atomic mass is 32.2. The lowest BCUT2D eigenvalue weighted by atomic mass is 10.2. The summed E-state index contributed by atoms with van der Waals surface area (Å²) in [5, 5.41) is 8.96. The Bertz CT molecular complexity index is 876. The molecule has 3 N–H and O–H groups in total. The molecule has 132 valence electrons. The van der Waals surface area contributed by atoms with Crippen LogP contribution in [-0.4, -0.2) is 39.2 Å². The number of H-pyrrole nitrogens is 2. The molecule has 2 rings (SSSR count). The second-order valence-electron chi connectivity index (χ2n) is 4.81. The minimum absolute atomic E-state index is 0.00403. The van der Waals surface area contributed by atoms with Gasteiger partial charge in [0.25, 0.3) is 11.5 Å². The molecule has 0 spiro atoms. The zero-order chi connectivity index (χ0) is 18.2. The van der Waals surface area contributed by atoms with Crippen LogP contribution in [-0.2, 0) is 4.79 Å². The van der Waals surface area contributed by atoms with Gasteiger partial charge in [0.15, 0.2) is 5.03 Å². The molecule has 0 radical (unpaired) electrons. The van der Waals surface area contributed by atoms with Gasteiger partial charge in [-0.25, -0.2) is 15.3 Å².